The van der Waals surface area contributed by atoms with Gasteiger partial charge < -0.3 is 9.26 Å². The van der Waals surface area contributed by atoms with Crippen LogP contribution in [0.4, 0.5) is 0 Å². The van der Waals surface area contributed by atoms with Gasteiger partial charge in [-0.3, -0.25) is 4.79 Å². The van der Waals surface area contributed by atoms with Gasteiger partial charge in [0.15, 0.2) is 5.82 Å². The van der Waals surface area contributed by atoms with Crippen molar-refractivity contribution in [2.75, 3.05) is 6.61 Å². The lowest BCUT2D eigenvalue weighted by Gasteiger charge is -2.14. The highest BCUT2D eigenvalue weighted by Gasteiger charge is 2.31. The van der Waals surface area contributed by atoms with Crippen molar-refractivity contribution >= 4 is 5.97 Å². The third-order valence-corrected chi connectivity index (χ3v) is 2.69. The molecule has 0 saturated heterocycles. The predicted molar refractivity (Wildman–Crippen MR) is 71.8 cm³/mol. The monoisotopic (exact) mass is 268 g/mol. The quantitative estimate of drug-likeness (QED) is 0.768. The van der Waals surface area contributed by atoms with Crippen molar-refractivity contribution in [3.63, 3.8) is 0 Å². The molecule has 0 saturated carbocycles. The summed E-state index contributed by atoms with van der Waals surface area (Å²) in [6, 6.07) is 0. The molecular formula is C14H24N2O3. The van der Waals surface area contributed by atoms with Crippen LogP contribution < -0.4 is 0 Å². The Labute approximate surface area is 114 Å². The van der Waals surface area contributed by atoms with Gasteiger partial charge in [0.2, 0.25) is 5.89 Å². The van der Waals surface area contributed by atoms with Crippen LogP contribution in [-0.4, -0.2) is 22.7 Å². The van der Waals surface area contributed by atoms with Gasteiger partial charge in [-0.1, -0.05) is 39.8 Å². The van der Waals surface area contributed by atoms with Gasteiger partial charge in [-0.05, 0) is 19.3 Å². The van der Waals surface area contributed by atoms with Gasteiger partial charge in [0, 0.05) is 5.41 Å². The first-order chi connectivity index (χ1) is 8.75. The Hall–Kier alpha value is -1.39. The van der Waals surface area contributed by atoms with Crippen LogP contribution in [0.2, 0.25) is 0 Å². The Morgan fingerprint density at radius 1 is 1.37 bits per heavy atom. The van der Waals surface area contributed by atoms with Crippen LogP contribution >= 0.6 is 0 Å². The van der Waals surface area contributed by atoms with Gasteiger partial charge in [-0.15, -0.1) is 0 Å². The molecule has 108 valence electrons. The summed E-state index contributed by atoms with van der Waals surface area (Å²) in [4.78, 5) is 16.3. The first-order valence-electron chi connectivity index (χ1n) is 6.76. The molecule has 0 aliphatic heterocycles. The highest BCUT2D eigenvalue weighted by Crippen LogP contribution is 2.27. The van der Waals surface area contributed by atoms with Crippen molar-refractivity contribution in [3.05, 3.63) is 11.7 Å². The average Bonchev–Trinajstić information content (AvgIpc) is 2.74. The van der Waals surface area contributed by atoms with E-state index in [1.807, 2.05) is 34.6 Å². The molecule has 0 N–H and O–H groups in total. The highest BCUT2D eigenvalue weighted by molar-refractivity contribution is 5.76. The third kappa shape index (κ3) is 4.33. The van der Waals surface area contributed by atoms with Gasteiger partial charge in [0.1, 0.15) is 5.92 Å². The normalized spacial score (nSPS) is 13.6. The first-order valence-corrected chi connectivity index (χ1v) is 6.76. The highest BCUT2D eigenvalue weighted by atomic mass is 16.5. The summed E-state index contributed by atoms with van der Waals surface area (Å²) in [5.41, 5.74) is -0.196. The Bertz CT molecular complexity index is 419. The van der Waals surface area contributed by atoms with Gasteiger partial charge in [-0.2, -0.15) is 4.98 Å². The smallest absolute Gasteiger partial charge is 0.318 e. The minimum absolute atomic E-state index is 0.196. The van der Waals surface area contributed by atoms with E-state index < -0.39 is 5.92 Å². The topological polar surface area (TPSA) is 65.2 Å². The second-order valence-electron chi connectivity index (χ2n) is 6.14. The van der Waals surface area contributed by atoms with E-state index in [-0.39, 0.29) is 11.4 Å². The molecular weight excluding hydrogens is 244 g/mol. The number of ether oxygens (including phenoxy) is 1. The average molecular weight is 268 g/mol. The lowest BCUT2D eigenvalue weighted by molar-refractivity contribution is -0.146. The Balaban J connectivity index is 2.97. The molecule has 0 aliphatic rings. The molecule has 0 radical (unpaired) electrons. The van der Waals surface area contributed by atoms with Crippen molar-refractivity contribution in [1.29, 1.82) is 0 Å². The van der Waals surface area contributed by atoms with Crippen LogP contribution in [0.5, 0.6) is 0 Å². The fraction of sp³-hybridized carbons (Fsp3) is 0.786. The maximum absolute atomic E-state index is 12.0. The van der Waals surface area contributed by atoms with Crippen molar-refractivity contribution in [2.45, 2.75) is 59.3 Å². The van der Waals surface area contributed by atoms with E-state index in [4.69, 9.17) is 9.26 Å². The standard InChI is InChI=1S/C14H24N2O3/c1-7-18-12(17)10(8-9(2)3)11-15-13(16-19-11)14(4,5)6/h9-10H,7-8H2,1-6H3. The Morgan fingerprint density at radius 3 is 2.42 bits per heavy atom. The van der Waals surface area contributed by atoms with E-state index in [0.717, 1.165) is 0 Å². The lowest BCUT2D eigenvalue weighted by atomic mass is 9.95. The number of carbonyl (C=O) groups is 1. The number of esters is 1. The van der Waals surface area contributed by atoms with Gasteiger partial charge in [0.05, 0.1) is 6.61 Å². The van der Waals surface area contributed by atoms with Crippen LogP contribution in [0, 0.1) is 5.92 Å². The maximum atomic E-state index is 12.0. The van der Waals surface area contributed by atoms with E-state index in [1.165, 1.54) is 0 Å². The van der Waals surface area contributed by atoms with Crippen molar-refractivity contribution in [3.8, 4) is 0 Å². The second kappa shape index (κ2) is 6.17. The molecule has 1 atom stereocenters. The Morgan fingerprint density at radius 2 is 2.00 bits per heavy atom. The van der Waals surface area contributed by atoms with Crippen LogP contribution in [-0.2, 0) is 14.9 Å². The molecule has 0 spiro atoms. The molecule has 5 heteroatoms. The predicted octanol–water partition coefficient (Wildman–Crippen LogP) is 3.06. The number of rotatable bonds is 5. The maximum Gasteiger partial charge on any atom is 0.318 e. The molecule has 0 bridgehead atoms. The summed E-state index contributed by atoms with van der Waals surface area (Å²) in [7, 11) is 0. The largest absolute Gasteiger partial charge is 0.465 e. The fourth-order valence-electron chi connectivity index (χ4n) is 1.69. The number of hydrogen-bond acceptors (Lipinski definition) is 5. The van der Waals surface area contributed by atoms with Crippen LogP contribution in [0.25, 0.3) is 0 Å². The second-order valence-corrected chi connectivity index (χ2v) is 6.14. The summed E-state index contributed by atoms with van der Waals surface area (Å²) in [6.45, 7) is 12.3. The summed E-state index contributed by atoms with van der Waals surface area (Å²) in [5.74, 6) is 0.556. The molecule has 0 fully saturated rings. The van der Waals surface area contributed by atoms with Crippen molar-refractivity contribution < 1.29 is 14.1 Å². The molecule has 1 unspecified atom stereocenters. The molecule has 1 heterocycles. The molecule has 0 amide bonds. The minimum Gasteiger partial charge on any atom is -0.465 e. The summed E-state index contributed by atoms with van der Waals surface area (Å²) in [5, 5.41) is 3.96. The van der Waals surface area contributed by atoms with Crippen LogP contribution in [0.3, 0.4) is 0 Å². The molecule has 0 aromatic carbocycles. The van der Waals surface area contributed by atoms with Crippen molar-refractivity contribution in [2.24, 2.45) is 5.92 Å². The summed E-state index contributed by atoms with van der Waals surface area (Å²) < 4.78 is 10.3. The number of aromatic nitrogens is 2. The number of nitrogens with zero attached hydrogens (tertiary/aromatic N) is 2. The lowest BCUT2D eigenvalue weighted by Crippen LogP contribution is -2.19. The van der Waals surface area contributed by atoms with E-state index in [9.17, 15) is 4.79 Å². The molecule has 5 nitrogen and oxygen atoms in total. The van der Waals surface area contributed by atoms with Crippen LogP contribution in [0.1, 0.15) is 65.6 Å². The molecule has 1 aromatic heterocycles. The fourth-order valence-corrected chi connectivity index (χ4v) is 1.69. The molecule has 1 rings (SSSR count). The third-order valence-electron chi connectivity index (χ3n) is 2.69. The van der Waals surface area contributed by atoms with E-state index >= 15 is 0 Å². The summed E-state index contributed by atoms with van der Waals surface area (Å²) in [6.07, 6.45) is 0.643. The minimum atomic E-state index is -0.469. The van der Waals surface area contributed by atoms with Gasteiger partial charge in [0.25, 0.3) is 0 Å². The van der Waals surface area contributed by atoms with E-state index in [1.54, 1.807) is 6.92 Å². The SMILES string of the molecule is CCOC(=O)C(CC(C)C)c1nc(C(C)(C)C)no1. The summed E-state index contributed by atoms with van der Waals surface area (Å²) >= 11 is 0. The number of carbonyl (C=O) groups excluding carboxylic acids is 1. The van der Waals surface area contributed by atoms with E-state index in [0.29, 0.717) is 30.7 Å². The van der Waals surface area contributed by atoms with E-state index in [2.05, 4.69) is 10.1 Å². The number of hydrogen-bond donors (Lipinski definition) is 0. The first kappa shape index (κ1) is 15.7. The van der Waals surface area contributed by atoms with Gasteiger partial charge in [-0.25, -0.2) is 0 Å². The zero-order chi connectivity index (χ0) is 14.6. The molecule has 19 heavy (non-hydrogen) atoms. The van der Waals surface area contributed by atoms with Crippen molar-refractivity contribution in [1.82, 2.24) is 10.1 Å². The molecule has 0 aliphatic carbocycles. The van der Waals surface area contributed by atoms with Crippen LogP contribution in [0.15, 0.2) is 4.52 Å². The molecule has 1 aromatic rings. The zero-order valence-electron chi connectivity index (χ0n) is 12.7. The van der Waals surface area contributed by atoms with Gasteiger partial charge >= 0.3 is 5.97 Å². The zero-order valence-corrected chi connectivity index (χ0v) is 12.7. The Kier molecular flexibility index (Phi) is 5.09.